The van der Waals surface area contributed by atoms with E-state index in [9.17, 15) is 19.2 Å². The molecule has 2 aromatic carbocycles. The Balaban J connectivity index is 1.47. The fraction of sp³-hybridized carbons (Fsp3) is 0.238. The molecular weight excluding hydrogens is 490 g/mol. The van der Waals surface area contributed by atoms with E-state index in [1.54, 1.807) is 49.4 Å². The van der Waals surface area contributed by atoms with Gasteiger partial charge in [-0.05, 0) is 48.9 Å². The summed E-state index contributed by atoms with van der Waals surface area (Å²) < 4.78 is 5.83. The van der Waals surface area contributed by atoms with E-state index in [1.807, 2.05) is 0 Å². The third kappa shape index (κ3) is 5.62. The summed E-state index contributed by atoms with van der Waals surface area (Å²) in [7, 11) is 0. The smallest absolute Gasteiger partial charge is 0.311 e. The van der Waals surface area contributed by atoms with Crippen molar-refractivity contribution in [1.82, 2.24) is 10.9 Å². The molecule has 1 aliphatic rings. The molecule has 2 aromatic rings. The van der Waals surface area contributed by atoms with Crippen molar-refractivity contribution in [2.45, 2.75) is 13.3 Å². The Bertz CT molecular complexity index is 1030. The number of benzene rings is 2. The molecule has 0 aliphatic carbocycles. The van der Waals surface area contributed by atoms with Gasteiger partial charge in [-0.3, -0.25) is 30.0 Å². The number of hydrazine groups is 1. The number of amides is 3. The van der Waals surface area contributed by atoms with Gasteiger partial charge >= 0.3 is 5.97 Å². The van der Waals surface area contributed by atoms with Crippen molar-refractivity contribution in [3.05, 3.63) is 63.1 Å². The highest BCUT2D eigenvalue weighted by Crippen LogP contribution is 2.31. The van der Waals surface area contributed by atoms with E-state index < -0.39 is 30.3 Å². The largest absolute Gasteiger partial charge is 0.455 e. The second-order valence-electron chi connectivity index (χ2n) is 6.91. The van der Waals surface area contributed by atoms with Gasteiger partial charge < -0.3 is 9.64 Å². The van der Waals surface area contributed by atoms with Crippen LogP contribution in [-0.4, -0.2) is 36.8 Å². The Kier molecular flexibility index (Phi) is 7.29. The summed E-state index contributed by atoms with van der Waals surface area (Å²) in [6, 6.07) is 11.8. The summed E-state index contributed by atoms with van der Waals surface area (Å²) in [5.41, 5.74) is 6.15. The molecule has 0 aromatic heterocycles. The maximum absolute atomic E-state index is 12.4. The topological polar surface area (TPSA) is 105 Å². The first-order valence-corrected chi connectivity index (χ1v) is 10.5. The number of rotatable bonds is 5. The monoisotopic (exact) mass is 507 g/mol. The summed E-state index contributed by atoms with van der Waals surface area (Å²) >= 11 is 9.38. The summed E-state index contributed by atoms with van der Waals surface area (Å²) in [5, 5.41) is 0.526. The van der Waals surface area contributed by atoms with Crippen LogP contribution in [0.25, 0.3) is 0 Å². The number of esters is 1. The molecule has 0 bridgehead atoms. The molecule has 3 amide bonds. The highest BCUT2D eigenvalue weighted by atomic mass is 79.9. The number of hydrogen-bond acceptors (Lipinski definition) is 5. The average Bonchev–Trinajstić information content (AvgIpc) is 3.14. The summed E-state index contributed by atoms with van der Waals surface area (Å²) in [4.78, 5) is 50.0. The first-order valence-electron chi connectivity index (χ1n) is 9.33. The highest BCUT2D eigenvalue weighted by molar-refractivity contribution is 9.10. The van der Waals surface area contributed by atoms with Gasteiger partial charge in [-0.1, -0.05) is 33.6 Å². The summed E-state index contributed by atoms with van der Waals surface area (Å²) in [6.07, 6.45) is -0.0211. The van der Waals surface area contributed by atoms with Gasteiger partial charge in [-0.2, -0.15) is 0 Å². The number of anilines is 1. The van der Waals surface area contributed by atoms with Gasteiger partial charge in [-0.15, -0.1) is 0 Å². The molecule has 1 aliphatic heterocycles. The molecule has 31 heavy (non-hydrogen) atoms. The zero-order valence-corrected chi connectivity index (χ0v) is 18.8. The molecule has 8 nitrogen and oxygen atoms in total. The van der Waals surface area contributed by atoms with Crippen LogP contribution in [0, 0.1) is 12.8 Å². The third-order valence-electron chi connectivity index (χ3n) is 4.76. The number of carbonyl (C=O) groups excluding carboxylic acids is 4. The molecule has 3 rings (SSSR count). The summed E-state index contributed by atoms with van der Waals surface area (Å²) in [5.74, 6) is -2.80. The van der Waals surface area contributed by atoms with Crippen LogP contribution >= 0.6 is 27.5 Å². The van der Waals surface area contributed by atoms with Crippen molar-refractivity contribution >= 4 is 56.9 Å². The van der Waals surface area contributed by atoms with E-state index in [0.717, 1.165) is 10.0 Å². The molecule has 0 saturated carbocycles. The van der Waals surface area contributed by atoms with Gasteiger partial charge in [0, 0.05) is 33.7 Å². The Morgan fingerprint density at radius 3 is 2.58 bits per heavy atom. The van der Waals surface area contributed by atoms with Gasteiger partial charge in [0.2, 0.25) is 5.91 Å². The first kappa shape index (κ1) is 22.8. The van der Waals surface area contributed by atoms with Crippen LogP contribution in [0.2, 0.25) is 5.02 Å². The minimum absolute atomic E-state index is 0.0211. The molecule has 1 heterocycles. The predicted molar refractivity (Wildman–Crippen MR) is 117 cm³/mol. The fourth-order valence-electron chi connectivity index (χ4n) is 3.08. The Labute approximate surface area is 192 Å². The minimum atomic E-state index is -0.703. The first-order chi connectivity index (χ1) is 14.8. The van der Waals surface area contributed by atoms with E-state index in [1.165, 1.54) is 4.90 Å². The van der Waals surface area contributed by atoms with Crippen molar-refractivity contribution in [2.75, 3.05) is 18.1 Å². The number of halogens is 2. The lowest BCUT2D eigenvalue weighted by Crippen LogP contribution is -2.43. The number of carbonyl (C=O) groups is 4. The second kappa shape index (κ2) is 9.93. The molecule has 1 saturated heterocycles. The molecular formula is C21H19BrClN3O5. The van der Waals surface area contributed by atoms with Crippen molar-refractivity contribution in [1.29, 1.82) is 0 Å². The summed E-state index contributed by atoms with van der Waals surface area (Å²) in [6.45, 7) is 1.35. The average molecular weight is 509 g/mol. The predicted octanol–water partition coefficient (Wildman–Crippen LogP) is 2.77. The van der Waals surface area contributed by atoms with Crippen molar-refractivity contribution in [3.8, 4) is 0 Å². The van der Waals surface area contributed by atoms with Gasteiger partial charge in [0.25, 0.3) is 11.8 Å². The van der Waals surface area contributed by atoms with E-state index >= 15 is 0 Å². The third-order valence-corrected chi connectivity index (χ3v) is 5.69. The molecule has 10 heteroatoms. The van der Waals surface area contributed by atoms with E-state index in [2.05, 4.69) is 26.8 Å². The van der Waals surface area contributed by atoms with Gasteiger partial charge in [0.1, 0.15) is 0 Å². The standard InChI is InChI=1S/C21H19BrClN3O5/c1-12-16(23)3-2-4-17(12)26-10-14(9-19(26)28)21(30)31-11-18(27)24-25-20(29)13-5-7-15(22)8-6-13/h2-8,14H,9-11H2,1H3,(H,24,27)(H,25,29)/t14-/m1/s1. The Morgan fingerprint density at radius 2 is 1.87 bits per heavy atom. The quantitative estimate of drug-likeness (QED) is 0.477. The zero-order valence-electron chi connectivity index (χ0n) is 16.5. The lowest BCUT2D eigenvalue weighted by molar-refractivity contribution is -0.152. The van der Waals surface area contributed by atoms with E-state index in [0.29, 0.717) is 16.3 Å². The lowest BCUT2D eigenvalue weighted by atomic mass is 10.1. The number of nitrogens with zero attached hydrogens (tertiary/aromatic N) is 1. The van der Waals surface area contributed by atoms with Crippen LogP contribution in [0.4, 0.5) is 5.69 Å². The maximum atomic E-state index is 12.4. The highest BCUT2D eigenvalue weighted by Gasteiger charge is 2.37. The number of ether oxygens (including phenoxy) is 1. The molecule has 162 valence electrons. The minimum Gasteiger partial charge on any atom is -0.455 e. The van der Waals surface area contributed by atoms with Gasteiger partial charge in [-0.25, -0.2) is 0 Å². The van der Waals surface area contributed by atoms with Crippen molar-refractivity contribution in [2.24, 2.45) is 5.92 Å². The lowest BCUT2D eigenvalue weighted by Gasteiger charge is -2.19. The van der Waals surface area contributed by atoms with Crippen molar-refractivity contribution < 1.29 is 23.9 Å². The van der Waals surface area contributed by atoms with Crippen LogP contribution in [-0.2, 0) is 19.1 Å². The number of nitrogens with one attached hydrogen (secondary N) is 2. The zero-order chi connectivity index (χ0) is 22.5. The molecule has 0 unspecified atom stereocenters. The maximum Gasteiger partial charge on any atom is 0.311 e. The molecule has 0 spiro atoms. The molecule has 2 N–H and O–H groups in total. The van der Waals surface area contributed by atoms with Crippen LogP contribution in [0.15, 0.2) is 46.9 Å². The normalized spacial score (nSPS) is 15.5. The van der Waals surface area contributed by atoms with Crippen LogP contribution < -0.4 is 15.8 Å². The van der Waals surface area contributed by atoms with Gasteiger partial charge in [0.05, 0.1) is 5.92 Å². The van der Waals surface area contributed by atoms with Crippen LogP contribution in [0.5, 0.6) is 0 Å². The van der Waals surface area contributed by atoms with Crippen molar-refractivity contribution in [3.63, 3.8) is 0 Å². The fourth-order valence-corrected chi connectivity index (χ4v) is 3.51. The Morgan fingerprint density at radius 1 is 1.16 bits per heavy atom. The van der Waals surface area contributed by atoms with Crippen LogP contribution in [0.3, 0.4) is 0 Å². The van der Waals surface area contributed by atoms with E-state index in [4.69, 9.17) is 16.3 Å². The molecule has 1 fully saturated rings. The SMILES string of the molecule is Cc1c(Cl)cccc1N1C[C@H](C(=O)OCC(=O)NNC(=O)c2ccc(Br)cc2)CC1=O. The Hall–Kier alpha value is -2.91. The van der Waals surface area contributed by atoms with Crippen LogP contribution in [0.1, 0.15) is 22.3 Å². The van der Waals surface area contributed by atoms with E-state index in [-0.39, 0.29) is 18.9 Å². The van der Waals surface area contributed by atoms with Gasteiger partial charge in [0.15, 0.2) is 6.61 Å². The molecule has 0 radical (unpaired) electrons. The second-order valence-corrected chi connectivity index (χ2v) is 8.23. The number of hydrogen-bond donors (Lipinski definition) is 2. The molecule has 1 atom stereocenters.